The molecule has 2 aliphatic rings. The average molecular weight is 322 g/mol. The van der Waals surface area contributed by atoms with E-state index in [-0.39, 0.29) is 18.5 Å². The molecular formula is C15H16ClN3O3. The van der Waals surface area contributed by atoms with Crippen molar-refractivity contribution in [3.8, 4) is 0 Å². The minimum Gasteiger partial charge on any atom is -0.356 e. The van der Waals surface area contributed by atoms with Crippen molar-refractivity contribution < 1.29 is 14.3 Å². The Labute approximate surface area is 133 Å². The van der Waals surface area contributed by atoms with Crippen LogP contribution >= 0.6 is 11.6 Å². The number of nitrogens with one attached hydrogen (secondary N) is 1. The third kappa shape index (κ3) is 2.98. The summed E-state index contributed by atoms with van der Waals surface area (Å²) in [7, 11) is 0. The summed E-state index contributed by atoms with van der Waals surface area (Å²) in [5.74, 6) is 0.146. The number of halogens is 1. The minimum absolute atomic E-state index is 0.233. The predicted octanol–water partition coefficient (Wildman–Crippen LogP) is 1.98. The van der Waals surface area contributed by atoms with Crippen molar-refractivity contribution in [2.75, 3.05) is 6.73 Å². The van der Waals surface area contributed by atoms with E-state index in [2.05, 4.69) is 10.3 Å². The number of nitrogens with zero attached hydrogens (tertiary/aromatic N) is 2. The number of amides is 2. The van der Waals surface area contributed by atoms with Gasteiger partial charge in [-0.2, -0.15) is 0 Å². The van der Waals surface area contributed by atoms with Crippen molar-refractivity contribution in [2.24, 2.45) is 4.99 Å². The van der Waals surface area contributed by atoms with Gasteiger partial charge in [-0.1, -0.05) is 11.6 Å². The molecule has 2 aliphatic heterocycles. The predicted molar refractivity (Wildman–Crippen MR) is 81.9 cm³/mol. The van der Waals surface area contributed by atoms with Crippen LogP contribution in [0.2, 0.25) is 5.02 Å². The fourth-order valence-electron chi connectivity index (χ4n) is 2.66. The number of carbonyl (C=O) groups excluding carboxylic acids is 2. The molecule has 0 radical (unpaired) electrons. The highest BCUT2D eigenvalue weighted by molar-refractivity contribution is 6.30. The Kier molecular flexibility index (Phi) is 4.13. The maximum Gasteiger partial charge on any atom is 0.249 e. The molecule has 3 rings (SSSR count). The van der Waals surface area contributed by atoms with E-state index >= 15 is 0 Å². The van der Waals surface area contributed by atoms with Gasteiger partial charge >= 0.3 is 0 Å². The molecule has 2 amide bonds. The van der Waals surface area contributed by atoms with E-state index in [0.29, 0.717) is 30.3 Å². The first-order valence-electron chi connectivity index (χ1n) is 7.06. The second-order valence-electron chi connectivity index (χ2n) is 5.35. The van der Waals surface area contributed by atoms with Crippen LogP contribution in [0, 0.1) is 0 Å². The molecule has 0 aromatic heterocycles. The molecule has 0 spiro atoms. The van der Waals surface area contributed by atoms with Gasteiger partial charge in [-0.05, 0) is 31.5 Å². The van der Waals surface area contributed by atoms with Crippen molar-refractivity contribution in [3.63, 3.8) is 0 Å². The van der Waals surface area contributed by atoms with Crippen LogP contribution < -0.4 is 5.32 Å². The highest BCUT2D eigenvalue weighted by Crippen LogP contribution is 2.27. The molecule has 6 nitrogen and oxygen atoms in total. The van der Waals surface area contributed by atoms with Gasteiger partial charge in [-0.15, -0.1) is 0 Å². The van der Waals surface area contributed by atoms with Crippen LogP contribution in [0.1, 0.15) is 25.3 Å². The van der Waals surface area contributed by atoms with Crippen LogP contribution in [0.5, 0.6) is 0 Å². The van der Waals surface area contributed by atoms with Crippen molar-refractivity contribution in [3.05, 3.63) is 28.8 Å². The van der Waals surface area contributed by atoms with Gasteiger partial charge in [0.05, 0.1) is 12.3 Å². The molecule has 2 heterocycles. The van der Waals surface area contributed by atoms with Gasteiger partial charge in [0.25, 0.3) is 0 Å². The quantitative estimate of drug-likeness (QED) is 0.803. The molecule has 0 aliphatic carbocycles. The fourth-order valence-corrected chi connectivity index (χ4v) is 2.85. The highest BCUT2D eigenvalue weighted by atomic mass is 35.5. The molecule has 7 heteroatoms. The second-order valence-corrected chi connectivity index (χ2v) is 5.78. The summed E-state index contributed by atoms with van der Waals surface area (Å²) in [6.45, 7) is 2.45. The lowest BCUT2D eigenvalue weighted by atomic mass is 10.0. The Morgan fingerprint density at radius 1 is 1.41 bits per heavy atom. The third-order valence-electron chi connectivity index (χ3n) is 3.81. The van der Waals surface area contributed by atoms with Crippen molar-refractivity contribution in [1.82, 2.24) is 10.2 Å². The molecule has 1 atom stereocenters. The SMILES string of the molecule is C/C1=N/c2ccc(Cl)cc2COCN1C1CCC(=O)NC1=O. The van der Waals surface area contributed by atoms with E-state index in [1.165, 1.54) is 0 Å². The number of hydrogen-bond donors (Lipinski definition) is 1. The number of benzene rings is 1. The first-order valence-corrected chi connectivity index (χ1v) is 7.44. The Balaban J connectivity index is 1.89. The summed E-state index contributed by atoms with van der Waals surface area (Å²) >= 11 is 5.99. The first kappa shape index (κ1) is 15.0. The lowest BCUT2D eigenvalue weighted by Gasteiger charge is -2.34. The summed E-state index contributed by atoms with van der Waals surface area (Å²) < 4.78 is 5.69. The van der Waals surface area contributed by atoms with E-state index < -0.39 is 6.04 Å². The molecule has 22 heavy (non-hydrogen) atoms. The smallest absolute Gasteiger partial charge is 0.249 e. The molecular weight excluding hydrogens is 306 g/mol. The van der Waals surface area contributed by atoms with Gasteiger partial charge in [-0.3, -0.25) is 14.9 Å². The zero-order valence-electron chi connectivity index (χ0n) is 12.1. The van der Waals surface area contributed by atoms with Crippen LogP contribution in [0.15, 0.2) is 23.2 Å². The normalized spacial score (nSPS) is 24.7. The number of rotatable bonds is 1. The maximum atomic E-state index is 12.0. The largest absolute Gasteiger partial charge is 0.356 e. The lowest BCUT2D eigenvalue weighted by molar-refractivity contribution is -0.137. The van der Waals surface area contributed by atoms with E-state index in [0.717, 1.165) is 11.3 Å². The molecule has 0 bridgehead atoms. The number of imide groups is 1. The van der Waals surface area contributed by atoms with E-state index in [4.69, 9.17) is 16.3 Å². The van der Waals surface area contributed by atoms with Gasteiger partial charge in [0.2, 0.25) is 11.8 Å². The van der Waals surface area contributed by atoms with Crippen LogP contribution in [-0.2, 0) is 20.9 Å². The van der Waals surface area contributed by atoms with E-state index in [1.807, 2.05) is 19.1 Å². The Morgan fingerprint density at radius 3 is 3.00 bits per heavy atom. The first-order chi connectivity index (χ1) is 10.5. The van der Waals surface area contributed by atoms with Crippen LogP contribution in [0.25, 0.3) is 0 Å². The zero-order valence-corrected chi connectivity index (χ0v) is 12.9. The van der Waals surface area contributed by atoms with Crippen molar-refractivity contribution in [1.29, 1.82) is 0 Å². The number of ether oxygens (including phenoxy) is 1. The fraction of sp³-hybridized carbons (Fsp3) is 0.400. The average Bonchev–Trinajstić information content (AvgIpc) is 2.45. The third-order valence-corrected chi connectivity index (χ3v) is 4.05. The van der Waals surface area contributed by atoms with Gasteiger partial charge in [0.15, 0.2) is 0 Å². The number of piperidine rings is 1. The zero-order chi connectivity index (χ0) is 15.7. The van der Waals surface area contributed by atoms with Gasteiger partial charge < -0.3 is 9.64 Å². The summed E-state index contributed by atoms with van der Waals surface area (Å²) in [5, 5.41) is 3.00. The number of hydrogen-bond acceptors (Lipinski definition) is 5. The molecule has 0 saturated carbocycles. The van der Waals surface area contributed by atoms with E-state index in [1.54, 1.807) is 11.0 Å². The van der Waals surface area contributed by atoms with Crippen molar-refractivity contribution in [2.45, 2.75) is 32.4 Å². The summed E-state index contributed by atoms with van der Waals surface area (Å²) in [4.78, 5) is 29.7. The topological polar surface area (TPSA) is 71.0 Å². The second kappa shape index (κ2) is 6.06. The van der Waals surface area contributed by atoms with Gasteiger partial charge in [0, 0.05) is 17.0 Å². The van der Waals surface area contributed by atoms with Crippen molar-refractivity contribution >= 4 is 34.9 Å². The van der Waals surface area contributed by atoms with Crippen LogP contribution in [-0.4, -0.2) is 35.3 Å². The minimum atomic E-state index is -0.435. The van der Waals surface area contributed by atoms with Crippen LogP contribution in [0.4, 0.5) is 5.69 Å². The lowest BCUT2D eigenvalue weighted by Crippen LogP contribution is -2.54. The number of carbonyl (C=O) groups is 2. The van der Waals surface area contributed by atoms with E-state index in [9.17, 15) is 9.59 Å². The Bertz CT molecular complexity index is 659. The number of fused-ring (bicyclic) bond motifs is 1. The molecule has 1 fully saturated rings. The Morgan fingerprint density at radius 2 is 2.23 bits per heavy atom. The van der Waals surface area contributed by atoms with Gasteiger partial charge in [-0.25, -0.2) is 4.99 Å². The summed E-state index contributed by atoms with van der Waals surface area (Å²) in [6, 6.07) is 5.00. The molecule has 1 unspecified atom stereocenters. The molecule has 1 saturated heterocycles. The van der Waals surface area contributed by atoms with Crippen LogP contribution in [0.3, 0.4) is 0 Å². The molecule has 1 aromatic rings. The Hall–Kier alpha value is -1.92. The summed E-state index contributed by atoms with van der Waals surface area (Å²) in [6.07, 6.45) is 0.792. The monoisotopic (exact) mass is 321 g/mol. The van der Waals surface area contributed by atoms with Gasteiger partial charge in [0.1, 0.15) is 18.6 Å². The molecule has 1 N–H and O–H groups in total. The maximum absolute atomic E-state index is 12.0. The summed E-state index contributed by atoms with van der Waals surface area (Å²) in [5.41, 5.74) is 1.69. The number of aliphatic imine (C=N–C) groups is 1. The molecule has 1 aromatic carbocycles. The number of amidine groups is 1. The standard InChI is InChI=1S/C15H16ClN3O3/c1-9-17-12-3-2-11(16)6-10(12)7-22-8-19(9)13-4-5-14(20)18-15(13)21/h2-3,6,13H,4-5,7-8H2,1H3,(H,18,20,21)/b17-9-. The highest BCUT2D eigenvalue weighted by Gasteiger charge is 2.33. The molecule has 116 valence electrons.